The van der Waals surface area contributed by atoms with Crippen LogP contribution >= 0.6 is 0 Å². The van der Waals surface area contributed by atoms with Gasteiger partial charge >= 0.3 is 0 Å². The Labute approximate surface area is 243 Å². The first-order valence-corrected chi connectivity index (χ1v) is 14.5. The van der Waals surface area contributed by atoms with Crippen molar-refractivity contribution in [1.29, 1.82) is 0 Å². The van der Waals surface area contributed by atoms with Crippen molar-refractivity contribution < 1.29 is 28.2 Å². The molecule has 1 amide bonds. The first-order valence-electron chi connectivity index (χ1n) is 14.5. The molecule has 1 aliphatic heterocycles. The number of halogens is 3. The van der Waals surface area contributed by atoms with Gasteiger partial charge in [-0.15, -0.1) is 0 Å². The van der Waals surface area contributed by atoms with Crippen LogP contribution < -0.4 is 5.32 Å². The van der Waals surface area contributed by atoms with Gasteiger partial charge in [0.1, 0.15) is 28.8 Å². The maximum absolute atomic E-state index is 15.3. The number of nitrogens with zero attached hydrogens (tertiary/aromatic N) is 3. The third kappa shape index (κ3) is 5.93. The van der Waals surface area contributed by atoms with Gasteiger partial charge in [-0.25, -0.2) is 18.2 Å². The highest BCUT2D eigenvalue weighted by Crippen LogP contribution is 2.43. The van der Waals surface area contributed by atoms with Crippen molar-refractivity contribution in [1.82, 2.24) is 14.9 Å². The first-order chi connectivity index (χ1) is 20.0. The molecule has 1 saturated heterocycles. The first kappa shape index (κ1) is 30.1. The number of amides is 1. The third-order valence-corrected chi connectivity index (χ3v) is 9.25. The van der Waals surface area contributed by atoms with Gasteiger partial charge in [0.15, 0.2) is 0 Å². The normalized spacial score (nSPS) is 25.4. The highest BCUT2D eigenvalue weighted by atomic mass is 19.1. The van der Waals surface area contributed by atoms with Gasteiger partial charge in [0.25, 0.3) is 5.91 Å². The van der Waals surface area contributed by atoms with Gasteiger partial charge in [0.05, 0.1) is 29.2 Å². The molecule has 2 aromatic heterocycles. The maximum atomic E-state index is 15.3. The molecule has 42 heavy (non-hydrogen) atoms. The predicted octanol–water partition coefficient (Wildman–Crippen LogP) is 5.64. The molecule has 2 aliphatic rings. The lowest BCUT2D eigenvalue weighted by molar-refractivity contribution is -0.123. The number of hydrogen-bond acceptors (Lipinski definition) is 6. The summed E-state index contributed by atoms with van der Waals surface area (Å²) in [6.45, 7) is 8.17. The molecule has 2 fully saturated rings. The number of likely N-dealkylation sites (tertiary alicyclic amines) is 1. The molecule has 3 heterocycles. The SMILES string of the molecule is CCN1CCC(c2cc(F)c(-c3nc(C(=O)Nc4cnccc4C4CC(C)C(C)(O)C(O)C4)ccc3F)c(F)c2)CC1. The second-order valence-corrected chi connectivity index (χ2v) is 11.8. The molecule has 1 saturated carbocycles. The number of aromatic nitrogens is 2. The van der Waals surface area contributed by atoms with Gasteiger partial charge in [-0.3, -0.25) is 9.78 Å². The second kappa shape index (κ2) is 12.1. The quantitative estimate of drug-likeness (QED) is 0.348. The van der Waals surface area contributed by atoms with Gasteiger partial charge in [0, 0.05) is 6.20 Å². The lowest BCUT2D eigenvalue weighted by Gasteiger charge is -2.43. The number of piperidine rings is 1. The van der Waals surface area contributed by atoms with Crippen LogP contribution in [0.5, 0.6) is 0 Å². The zero-order chi connectivity index (χ0) is 30.2. The largest absolute Gasteiger partial charge is 0.390 e. The Morgan fingerprint density at radius 1 is 1.07 bits per heavy atom. The predicted molar refractivity (Wildman–Crippen MR) is 154 cm³/mol. The fourth-order valence-electron chi connectivity index (χ4n) is 6.29. The molecule has 10 heteroatoms. The minimum Gasteiger partial charge on any atom is -0.390 e. The molecule has 1 aliphatic carbocycles. The topological polar surface area (TPSA) is 98.6 Å². The van der Waals surface area contributed by atoms with Crippen molar-refractivity contribution in [2.75, 3.05) is 25.0 Å². The molecule has 4 atom stereocenters. The Morgan fingerprint density at radius 3 is 2.40 bits per heavy atom. The summed E-state index contributed by atoms with van der Waals surface area (Å²) in [4.78, 5) is 23.7. The van der Waals surface area contributed by atoms with Crippen LogP contribution in [0.1, 0.15) is 79.9 Å². The fraction of sp³-hybridized carbons (Fsp3) is 0.469. The summed E-state index contributed by atoms with van der Waals surface area (Å²) in [5, 5.41) is 23.9. The average Bonchev–Trinajstić information content (AvgIpc) is 2.96. The van der Waals surface area contributed by atoms with Gasteiger partial charge in [-0.2, -0.15) is 0 Å². The van der Waals surface area contributed by atoms with Crippen molar-refractivity contribution in [3.8, 4) is 11.3 Å². The summed E-state index contributed by atoms with van der Waals surface area (Å²) in [7, 11) is 0. The van der Waals surface area contributed by atoms with E-state index in [2.05, 4.69) is 27.1 Å². The van der Waals surface area contributed by atoms with E-state index in [1.54, 1.807) is 19.2 Å². The summed E-state index contributed by atoms with van der Waals surface area (Å²) >= 11 is 0. The van der Waals surface area contributed by atoms with Crippen molar-refractivity contribution in [2.24, 2.45) is 5.92 Å². The number of benzene rings is 1. The van der Waals surface area contributed by atoms with Crippen LogP contribution in [0.2, 0.25) is 0 Å². The van der Waals surface area contributed by atoms with Gasteiger partial charge in [-0.1, -0.05) is 13.8 Å². The van der Waals surface area contributed by atoms with Crippen LogP contribution in [0.4, 0.5) is 18.9 Å². The highest BCUT2D eigenvalue weighted by molar-refractivity contribution is 6.03. The second-order valence-electron chi connectivity index (χ2n) is 11.8. The summed E-state index contributed by atoms with van der Waals surface area (Å²) in [6.07, 6.45) is 4.50. The van der Waals surface area contributed by atoms with Crippen molar-refractivity contribution in [2.45, 2.75) is 70.0 Å². The number of carbonyl (C=O) groups is 1. The Hall–Kier alpha value is -3.34. The Morgan fingerprint density at radius 2 is 1.76 bits per heavy atom. The monoisotopic (exact) mass is 582 g/mol. The number of aliphatic hydroxyl groups excluding tert-OH is 1. The molecule has 0 bridgehead atoms. The fourth-order valence-corrected chi connectivity index (χ4v) is 6.29. The van der Waals surface area contributed by atoms with Gasteiger partial charge < -0.3 is 20.4 Å². The highest BCUT2D eigenvalue weighted by Gasteiger charge is 2.43. The number of anilines is 1. The molecule has 3 aromatic rings. The van der Waals surface area contributed by atoms with E-state index in [1.807, 2.05) is 6.92 Å². The van der Waals surface area contributed by atoms with Crippen molar-refractivity contribution in [3.63, 3.8) is 0 Å². The number of pyridine rings is 2. The molecule has 3 N–H and O–H groups in total. The van der Waals surface area contributed by atoms with Crippen LogP contribution in [0.3, 0.4) is 0 Å². The van der Waals surface area contributed by atoms with E-state index in [4.69, 9.17) is 0 Å². The molecule has 0 radical (unpaired) electrons. The van der Waals surface area contributed by atoms with E-state index in [9.17, 15) is 19.4 Å². The summed E-state index contributed by atoms with van der Waals surface area (Å²) in [5.74, 6) is -3.88. The zero-order valence-electron chi connectivity index (χ0n) is 24.1. The van der Waals surface area contributed by atoms with Crippen LogP contribution in [0, 0.1) is 23.4 Å². The minimum atomic E-state index is -1.23. The molecule has 224 valence electrons. The van der Waals surface area contributed by atoms with E-state index in [-0.39, 0.29) is 29.9 Å². The number of rotatable bonds is 6. The molecular formula is C32H37F3N4O3. The summed E-state index contributed by atoms with van der Waals surface area (Å²) in [5.41, 5.74) is -1.02. The summed E-state index contributed by atoms with van der Waals surface area (Å²) < 4.78 is 45.6. The Kier molecular flexibility index (Phi) is 8.68. The zero-order valence-corrected chi connectivity index (χ0v) is 24.1. The van der Waals surface area contributed by atoms with Crippen LogP contribution in [-0.4, -0.2) is 62.3 Å². The van der Waals surface area contributed by atoms with E-state index in [0.29, 0.717) is 17.7 Å². The smallest absolute Gasteiger partial charge is 0.274 e. The van der Waals surface area contributed by atoms with Gasteiger partial charge in [0.2, 0.25) is 0 Å². The molecule has 4 unspecified atom stereocenters. The lowest BCUT2D eigenvalue weighted by Crippen LogP contribution is -2.49. The lowest BCUT2D eigenvalue weighted by atomic mass is 9.69. The summed E-state index contributed by atoms with van der Waals surface area (Å²) in [6, 6.07) is 6.35. The molecule has 7 nitrogen and oxygen atoms in total. The van der Waals surface area contributed by atoms with E-state index >= 15 is 8.78 Å². The molecule has 1 aromatic carbocycles. The van der Waals surface area contributed by atoms with Crippen molar-refractivity contribution >= 4 is 11.6 Å². The minimum absolute atomic E-state index is 0.00818. The van der Waals surface area contributed by atoms with Crippen LogP contribution in [-0.2, 0) is 0 Å². The number of aliphatic hydroxyl groups is 2. The van der Waals surface area contributed by atoms with Crippen molar-refractivity contribution in [3.05, 3.63) is 77.0 Å². The number of carbonyl (C=O) groups excluding carboxylic acids is 1. The average molecular weight is 583 g/mol. The number of hydrogen-bond donors (Lipinski definition) is 3. The van der Waals surface area contributed by atoms with E-state index < -0.39 is 46.3 Å². The molecule has 0 spiro atoms. The molecular weight excluding hydrogens is 545 g/mol. The van der Waals surface area contributed by atoms with Crippen LogP contribution in [0.15, 0.2) is 42.7 Å². The third-order valence-electron chi connectivity index (χ3n) is 9.25. The van der Waals surface area contributed by atoms with E-state index in [1.165, 1.54) is 18.3 Å². The molecule has 5 rings (SSSR count). The number of nitrogens with one attached hydrogen (secondary N) is 1. The Bertz CT molecular complexity index is 1420. The van der Waals surface area contributed by atoms with Crippen LogP contribution in [0.25, 0.3) is 11.3 Å². The Balaban J connectivity index is 1.39. The van der Waals surface area contributed by atoms with Gasteiger partial charge in [-0.05, 0) is 111 Å². The maximum Gasteiger partial charge on any atom is 0.274 e. The standard InChI is InChI=1S/C32H37F3N4O3/c1-4-39-11-8-19(9-12-39)20-14-24(34)29(25(35)15-20)30-23(33)5-6-26(37-30)31(41)38-27-17-36-10-7-22(27)21-13-18(2)32(3,42)28(40)16-21/h5-7,10,14-15,17-19,21,28,40,42H,4,8-9,11-13,16H2,1-3H3,(H,38,41). The van der Waals surface area contributed by atoms with E-state index in [0.717, 1.165) is 50.2 Å².